The summed E-state index contributed by atoms with van der Waals surface area (Å²) in [5.74, 6) is 0.952. The van der Waals surface area contributed by atoms with Crippen molar-refractivity contribution in [2.45, 2.75) is 0 Å². The summed E-state index contributed by atoms with van der Waals surface area (Å²) in [6.07, 6.45) is 2.71. The maximum atomic E-state index is 10.5. The average Bonchev–Trinajstić information content (AvgIpc) is 2.54. The topological polar surface area (TPSA) is 113 Å². The molecule has 0 atom stereocenters. The van der Waals surface area contributed by atoms with Gasteiger partial charge in [-0.1, -0.05) is 0 Å². The summed E-state index contributed by atoms with van der Waals surface area (Å²) in [4.78, 5) is 13.9. The molecule has 0 bridgehead atoms. The number of nitrogens with zero attached hydrogens (tertiary/aromatic N) is 4. The molecular weight excluding hydrogens is 366 g/mol. The summed E-state index contributed by atoms with van der Waals surface area (Å²) < 4.78 is 5.91. The summed E-state index contributed by atoms with van der Waals surface area (Å²) in [7, 11) is 0. The molecule has 116 valence electrons. The lowest BCUT2D eigenvalue weighted by Crippen LogP contribution is -1.96. The third-order valence-corrected chi connectivity index (χ3v) is 3.22. The van der Waals surface area contributed by atoms with E-state index in [1.807, 2.05) is 6.07 Å². The molecule has 9 heteroatoms. The fourth-order valence-electron chi connectivity index (χ4n) is 1.56. The van der Waals surface area contributed by atoms with E-state index in [1.165, 1.54) is 12.1 Å². The van der Waals surface area contributed by atoms with Gasteiger partial charge in [0.25, 0.3) is 5.69 Å². The summed E-state index contributed by atoms with van der Waals surface area (Å²) in [5.41, 5.74) is 3.37. The molecule has 1 heterocycles. The Balaban J connectivity index is 1.99. The van der Waals surface area contributed by atoms with Gasteiger partial charge in [0, 0.05) is 6.07 Å². The minimum atomic E-state index is -0.520. The van der Waals surface area contributed by atoms with Crippen molar-refractivity contribution in [2.24, 2.45) is 5.10 Å². The van der Waals surface area contributed by atoms with E-state index >= 15 is 0 Å². The highest BCUT2D eigenvalue weighted by Crippen LogP contribution is 2.25. The quantitative estimate of drug-likeness (QED) is 0.471. The fraction of sp³-hybridized carbons (Fsp3) is 0.0714. The third-order valence-electron chi connectivity index (χ3n) is 2.60. The van der Waals surface area contributed by atoms with Crippen molar-refractivity contribution in [3.05, 3.63) is 56.7 Å². The fourth-order valence-corrected chi connectivity index (χ4v) is 2.07. The second-order valence-electron chi connectivity index (χ2n) is 4.17. The molecule has 0 spiro atoms. The molecule has 0 aliphatic heterocycles. The predicted molar refractivity (Wildman–Crippen MR) is 87.4 cm³/mol. The van der Waals surface area contributed by atoms with Crippen LogP contribution in [-0.4, -0.2) is 22.7 Å². The van der Waals surface area contributed by atoms with Crippen molar-refractivity contribution < 1.29 is 9.66 Å². The number of nitro groups is 1. The molecule has 0 fully saturated rings. The number of halogens is 1. The number of benzene rings is 1. The van der Waals surface area contributed by atoms with Gasteiger partial charge in [-0.25, -0.2) is 4.98 Å². The van der Waals surface area contributed by atoms with E-state index in [-0.39, 0.29) is 12.3 Å². The molecule has 0 unspecified atom stereocenters. The Kier molecular flexibility index (Phi) is 5.60. The lowest BCUT2D eigenvalue weighted by molar-refractivity contribution is -0.385. The van der Waals surface area contributed by atoms with Gasteiger partial charge in [0.05, 0.1) is 15.6 Å². The van der Waals surface area contributed by atoms with Crippen LogP contribution >= 0.6 is 15.9 Å². The van der Waals surface area contributed by atoms with Gasteiger partial charge in [0.15, 0.2) is 6.61 Å². The zero-order valence-corrected chi connectivity index (χ0v) is 13.2. The van der Waals surface area contributed by atoms with Crippen LogP contribution in [0.3, 0.4) is 0 Å². The van der Waals surface area contributed by atoms with Crippen LogP contribution in [0.4, 0.5) is 11.5 Å². The van der Waals surface area contributed by atoms with Gasteiger partial charge in [0.2, 0.25) is 0 Å². The van der Waals surface area contributed by atoms with Crippen molar-refractivity contribution in [2.75, 3.05) is 12.0 Å². The van der Waals surface area contributed by atoms with E-state index in [1.54, 1.807) is 24.4 Å². The Morgan fingerprint density at radius 3 is 2.91 bits per heavy atom. The molecule has 8 nitrogen and oxygen atoms in total. The summed E-state index contributed by atoms with van der Waals surface area (Å²) in [5, 5.41) is 23.0. The number of anilines is 1. The molecule has 0 aliphatic carbocycles. The van der Waals surface area contributed by atoms with Gasteiger partial charge < -0.3 is 4.74 Å². The third kappa shape index (κ3) is 4.76. The Bertz CT molecular complexity index is 771. The van der Waals surface area contributed by atoms with Crippen molar-refractivity contribution in [3.63, 3.8) is 0 Å². The van der Waals surface area contributed by atoms with Crippen LogP contribution in [0.5, 0.6) is 5.75 Å². The minimum absolute atomic E-state index is 0.0284. The van der Waals surface area contributed by atoms with E-state index in [2.05, 4.69) is 31.4 Å². The van der Waals surface area contributed by atoms with Crippen LogP contribution in [0.2, 0.25) is 0 Å². The molecule has 0 amide bonds. The van der Waals surface area contributed by atoms with Gasteiger partial charge in [-0.15, -0.1) is 0 Å². The molecule has 0 saturated carbocycles. The average molecular weight is 376 g/mol. The number of aromatic nitrogens is 1. The standard InChI is InChI=1S/C14H10BrN5O3/c15-12-7-10(1-3-13(12)23-6-5-16)8-18-19-14-4-2-11(9-17-14)20(21)22/h1-4,7-9H,6H2,(H,17,19)/b18-8+. The number of nitriles is 1. The molecule has 23 heavy (non-hydrogen) atoms. The minimum Gasteiger partial charge on any atom is -0.478 e. The number of ether oxygens (including phenoxy) is 1. The summed E-state index contributed by atoms with van der Waals surface area (Å²) >= 11 is 3.34. The number of pyridine rings is 1. The highest BCUT2D eigenvalue weighted by atomic mass is 79.9. The van der Waals surface area contributed by atoms with E-state index < -0.39 is 4.92 Å². The van der Waals surface area contributed by atoms with Crippen molar-refractivity contribution >= 4 is 33.6 Å². The molecule has 1 aromatic carbocycles. The molecule has 2 rings (SSSR count). The van der Waals surface area contributed by atoms with Crippen LogP contribution in [-0.2, 0) is 0 Å². The van der Waals surface area contributed by atoms with Gasteiger partial charge in [-0.2, -0.15) is 10.4 Å². The molecular formula is C14H10BrN5O3. The van der Waals surface area contributed by atoms with Crippen molar-refractivity contribution in [3.8, 4) is 11.8 Å². The Morgan fingerprint density at radius 2 is 2.30 bits per heavy atom. The lowest BCUT2D eigenvalue weighted by atomic mass is 10.2. The maximum absolute atomic E-state index is 10.5. The maximum Gasteiger partial charge on any atom is 0.287 e. The normalized spacial score (nSPS) is 10.3. The van der Waals surface area contributed by atoms with Crippen LogP contribution in [0, 0.1) is 21.4 Å². The van der Waals surface area contributed by atoms with Crippen LogP contribution in [0.25, 0.3) is 0 Å². The Labute approximate surface area is 139 Å². The molecule has 0 radical (unpaired) electrons. The van der Waals surface area contributed by atoms with Crippen molar-refractivity contribution in [1.29, 1.82) is 5.26 Å². The number of nitrogens with one attached hydrogen (secondary N) is 1. The highest BCUT2D eigenvalue weighted by Gasteiger charge is 2.04. The van der Waals surface area contributed by atoms with E-state index in [4.69, 9.17) is 10.00 Å². The van der Waals surface area contributed by atoms with Gasteiger partial charge in [0.1, 0.15) is 23.8 Å². The Hall–Kier alpha value is -2.99. The smallest absolute Gasteiger partial charge is 0.287 e. The van der Waals surface area contributed by atoms with Crippen LogP contribution in [0.15, 0.2) is 46.1 Å². The zero-order chi connectivity index (χ0) is 16.7. The number of hydrogen-bond donors (Lipinski definition) is 1. The van der Waals surface area contributed by atoms with Crippen LogP contribution in [0.1, 0.15) is 5.56 Å². The number of hydrogen-bond acceptors (Lipinski definition) is 7. The highest BCUT2D eigenvalue weighted by molar-refractivity contribution is 9.10. The SMILES string of the molecule is N#CCOc1ccc(/C=N/Nc2ccc([N+](=O)[O-])cn2)cc1Br. The molecule has 1 N–H and O–H groups in total. The largest absolute Gasteiger partial charge is 0.478 e. The monoisotopic (exact) mass is 375 g/mol. The molecule has 0 aliphatic rings. The van der Waals surface area contributed by atoms with Gasteiger partial charge >= 0.3 is 0 Å². The number of hydrazone groups is 1. The van der Waals surface area contributed by atoms with E-state index in [0.29, 0.717) is 16.0 Å². The second kappa shape index (κ2) is 7.86. The van der Waals surface area contributed by atoms with E-state index in [9.17, 15) is 10.1 Å². The van der Waals surface area contributed by atoms with Gasteiger partial charge in [-0.3, -0.25) is 15.5 Å². The zero-order valence-electron chi connectivity index (χ0n) is 11.6. The van der Waals surface area contributed by atoms with Gasteiger partial charge in [-0.05, 0) is 45.8 Å². The summed E-state index contributed by atoms with van der Waals surface area (Å²) in [6, 6.07) is 9.96. The lowest BCUT2D eigenvalue weighted by Gasteiger charge is -2.05. The molecule has 1 aromatic heterocycles. The Morgan fingerprint density at radius 1 is 1.48 bits per heavy atom. The van der Waals surface area contributed by atoms with E-state index in [0.717, 1.165) is 11.8 Å². The first-order valence-electron chi connectivity index (χ1n) is 6.29. The molecule has 2 aromatic rings. The van der Waals surface area contributed by atoms with Crippen molar-refractivity contribution in [1.82, 2.24) is 4.98 Å². The summed E-state index contributed by atoms with van der Waals surface area (Å²) in [6.45, 7) is -0.0284. The van der Waals surface area contributed by atoms with Crippen LogP contribution < -0.4 is 10.2 Å². The second-order valence-corrected chi connectivity index (χ2v) is 5.02. The molecule has 0 saturated heterocycles. The predicted octanol–water partition coefficient (Wildman–Crippen LogP) is 3.10. The first kappa shape index (κ1) is 16.4. The first-order chi connectivity index (χ1) is 11.1. The number of rotatable bonds is 6. The first-order valence-corrected chi connectivity index (χ1v) is 7.08.